The second kappa shape index (κ2) is 9.23. The van der Waals surface area contributed by atoms with Gasteiger partial charge in [0.2, 0.25) is 0 Å². The van der Waals surface area contributed by atoms with Gasteiger partial charge < -0.3 is 20.7 Å². The standard InChI is InChI=1S/C16H27N3O2/c1-4-5-9-18-16(20)13-7-8-14(17)15(12-13)21-11-6-10-19(2)3/h7-8,12H,4-6,9-11,17H2,1-3H3,(H,18,20). The minimum atomic E-state index is -0.0819. The first kappa shape index (κ1) is 17.3. The maximum atomic E-state index is 12.0. The van der Waals surface area contributed by atoms with Gasteiger partial charge in [-0.1, -0.05) is 13.3 Å². The minimum absolute atomic E-state index is 0.0819. The average Bonchev–Trinajstić information content (AvgIpc) is 2.45. The zero-order valence-corrected chi connectivity index (χ0v) is 13.3. The van der Waals surface area contributed by atoms with Gasteiger partial charge in [-0.25, -0.2) is 0 Å². The Bertz CT molecular complexity index is 447. The summed E-state index contributed by atoms with van der Waals surface area (Å²) in [4.78, 5) is 14.1. The van der Waals surface area contributed by atoms with Crippen molar-refractivity contribution in [3.05, 3.63) is 23.8 Å². The summed E-state index contributed by atoms with van der Waals surface area (Å²) in [7, 11) is 4.05. The first-order valence-electron chi connectivity index (χ1n) is 7.49. The molecule has 1 aromatic carbocycles. The maximum Gasteiger partial charge on any atom is 0.251 e. The zero-order valence-electron chi connectivity index (χ0n) is 13.3. The van der Waals surface area contributed by atoms with Crippen molar-refractivity contribution >= 4 is 11.6 Å². The van der Waals surface area contributed by atoms with Crippen LogP contribution in [-0.4, -0.2) is 44.6 Å². The highest BCUT2D eigenvalue weighted by molar-refractivity contribution is 5.95. The zero-order chi connectivity index (χ0) is 15.7. The molecule has 0 atom stereocenters. The van der Waals surface area contributed by atoms with Crippen LogP contribution in [0.25, 0.3) is 0 Å². The Balaban J connectivity index is 2.56. The highest BCUT2D eigenvalue weighted by Crippen LogP contribution is 2.23. The van der Waals surface area contributed by atoms with Gasteiger partial charge in [0.15, 0.2) is 0 Å². The quantitative estimate of drug-likeness (QED) is 0.540. The Morgan fingerprint density at radius 3 is 2.76 bits per heavy atom. The number of carbonyl (C=O) groups excluding carboxylic acids is 1. The predicted molar refractivity (Wildman–Crippen MR) is 86.8 cm³/mol. The maximum absolute atomic E-state index is 12.0. The lowest BCUT2D eigenvalue weighted by molar-refractivity contribution is 0.0952. The van der Waals surface area contributed by atoms with E-state index in [1.807, 2.05) is 14.1 Å². The SMILES string of the molecule is CCCCNC(=O)c1ccc(N)c(OCCCN(C)C)c1. The molecular weight excluding hydrogens is 266 g/mol. The van der Waals surface area contributed by atoms with Gasteiger partial charge in [0.1, 0.15) is 5.75 Å². The van der Waals surface area contributed by atoms with E-state index >= 15 is 0 Å². The van der Waals surface area contributed by atoms with Crippen molar-refractivity contribution in [1.82, 2.24) is 10.2 Å². The van der Waals surface area contributed by atoms with Gasteiger partial charge in [-0.2, -0.15) is 0 Å². The number of nitrogens with zero attached hydrogens (tertiary/aromatic N) is 1. The summed E-state index contributed by atoms with van der Waals surface area (Å²) in [5.74, 6) is 0.499. The topological polar surface area (TPSA) is 67.6 Å². The number of amides is 1. The minimum Gasteiger partial charge on any atom is -0.491 e. The second-order valence-corrected chi connectivity index (χ2v) is 5.37. The smallest absolute Gasteiger partial charge is 0.251 e. The number of hydrogen-bond donors (Lipinski definition) is 2. The molecule has 21 heavy (non-hydrogen) atoms. The number of anilines is 1. The van der Waals surface area contributed by atoms with Crippen molar-refractivity contribution in [2.45, 2.75) is 26.2 Å². The van der Waals surface area contributed by atoms with Gasteiger partial charge in [0.05, 0.1) is 12.3 Å². The van der Waals surface area contributed by atoms with Crippen LogP contribution in [-0.2, 0) is 0 Å². The molecule has 0 aliphatic rings. The summed E-state index contributed by atoms with van der Waals surface area (Å²) in [5.41, 5.74) is 7.03. The largest absolute Gasteiger partial charge is 0.491 e. The number of rotatable bonds is 9. The molecule has 1 amide bonds. The Morgan fingerprint density at radius 2 is 2.10 bits per heavy atom. The fraction of sp³-hybridized carbons (Fsp3) is 0.562. The van der Waals surface area contributed by atoms with Crippen LogP contribution in [0, 0.1) is 0 Å². The van der Waals surface area contributed by atoms with E-state index in [1.165, 1.54) is 0 Å². The van der Waals surface area contributed by atoms with Crippen LogP contribution in [0.2, 0.25) is 0 Å². The van der Waals surface area contributed by atoms with Crippen LogP contribution in [0.4, 0.5) is 5.69 Å². The van der Waals surface area contributed by atoms with E-state index in [1.54, 1.807) is 18.2 Å². The normalized spacial score (nSPS) is 10.7. The van der Waals surface area contributed by atoms with E-state index in [-0.39, 0.29) is 5.91 Å². The molecule has 5 nitrogen and oxygen atoms in total. The number of unbranched alkanes of at least 4 members (excludes halogenated alkanes) is 1. The van der Waals surface area contributed by atoms with E-state index in [9.17, 15) is 4.79 Å². The van der Waals surface area contributed by atoms with Gasteiger partial charge in [0, 0.05) is 18.7 Å². The van der Waals surface area contributed by atoms with Crippen LogP contribution >= 0.6 is 0 Å². The molecule has 0 aliphatic heterocycles. The first-order chi connectivity index (χ1) is 10.0. The van der Waals surface area contributed by atoms with Crippen LogP contribution in [0.1, 0.15) is 36.5 Å². The van der Waals surface area contributed by atoms with Gasteiger partial charge in [0.25, 0.3) is 5.91 Å². The van der Waals surface area contributed by atoms with E-state index in [4.69, 9.17) is 10.5 Å². The molecule has 3 N–H and O–H groups in total. The number of hydrogen-bond acceptors (Lipinski definition) is 4. The third-order valence-electron chi connectivity index (χ3n) is 3.10. The molecule has 118 valence electrons. The van der Waals surface area contributed by atoms with E-state index in [0.29, 0.717) is 30.2 Å². The molecule has 0 radical (unpaired) electrons. The molecule has 0 heterocycles. The lowest BCUT2D eigenvalue weighted by atomic mass is 10.1. The van der Waals surface area contributed by atoms with Gasteiger partial charge >= 0.3 is 0 Å². The second-order valence-electron chi connectivity index (χ2n) is 5.37. The molecule has 0 aliphatic carbocycles. The van der Waals surface area contributed by atoms with Gasteiger partial charge in [-0.3, -0.25) is 4.79 Å². The van der Waals surface area contributed by atoms with E-state index in [0.717, 1.165) is 25.8 Å². The van der Waals surface area contributed by atoms with Crippen LogP contribution < -0.4 is 15.8 Å². The molecule has 0 unspecified atom stereocenters. The third-order valence-corrected chi connectivity index (χ3v) is 3.10. The fourth-order valence-electron chi connectivity index (χ4n) is 1.84. The molecule has 1 rings (SSSR count). The summed E-state index contributed by atoms with van der Waals surface area (Å²) < 4.78 is 5.67. The van der Waals surface area contributed by atoms with Gasteiger partial charge in [-0.05, 0) is 45.1 Å². The monoisotopic (exact) mass is 293 g/mol. The molecule has 0 aromatic heterocycles. The number of nitrogens with one attached hydrogen (secondary N) is 1. The lowest BCUT2D eigenvalue weighted by Crippen LogP contribution is -2.24. The molecule has 5 heteroatoms. The van der Waals surface area contributed by atoms with Crippen LogP contribution in [0.3, 0.4) is 0 Å². The summed E-state index contributed by atoms with van der Waals surface area (Å²) in [6.07, 6.45) is 2.95. The third kappa shape index (κ3) is 6.49. The number of carbonyl (C=O) groups is 1. The summed E-state index contributed by atoms with van der Waals surface area (Å²) in [5, 5.41) is 2.89. The van der Waals surface area contributed by atoms with Crippen molar-refractivity contribution in [3.8, 4) is 5.75 Å². The molecule has 0 bridgehead atoms. The van der Waals surface area contributed by atoms with Crippen molar-refractivity contribution in [1.29, 1.82) is 0 Å². The lowest BCUT2D eigenvalue weighted by Gasteiger charge is -2.13. The van der Waals surface area contributed by atoms with Crippen molar-refractivity contribution in [3.63, 3.8) is 0 Å². The predicted octanol–water partition coefficient (Wildman–Crippen LogP) is 2.13. The Labute approximate surface area is 127 Å². The van der Waals surface area contributed by atoms with Crippen LogP contribution in [0.15, 0.2) is 18.2 Å². The molecule has 0 saturated heterocycles. The van der Waals surface area contributed by atoms with Gasteiger partial charge in [-0.15, -0.1) is 0 Å². The molecule has 0 spiro atoms. The highest BCUT2D eigenvalue weighted by atomic mass is 16.5. The summed E-state index contributed by atoms with van der Waals surface area (Å²) in [6.45, 7) is 4.33. The number of nitrogen functional groups attached to an aromatic ring is 1. The number of ether oxygens (including phenoxy) is 1. The van der Waals surface area contributed by atoms with Crippen LogP contribution in [0.5, 0.6) is 5.75 Å². The van der Waals surface area contributed by atoms with Crippen molar-refractivity contribution < 1.29 is 9.53 Å². The van der Waals surface area contributed by atoms with Crippen molar-refractivity contribution in [2.75, 3.05) is 39.5 Å². The fourth-order valence-corrected chi connectivity index (χ4v) is 1.84. The molecular formula is C16H27N3O2. The number of nitrogens with two attached hydrogens (primary N) is 1. The Morgan fingerprint density at radius 1 is 1.33 bits per heavy atom. The molecule has 0 fully saturated rings. The molecule has 1 aromatic rings. The Hall–Kier alpha value is -1.75. The van der Waals surface area contributed by atoms with Crippen molar-refractivity contribution in [2.24, 2.45) is 0 Å². The van der Waals surface area contributed by atoms with E-state index in [2.05, 4.69) is 17.1 Å². The summed E-state index contributed by atoms with van der Waals surface area (Å²) >= 11 is 0. The number of benzene rings is 1. The van der Waals surface area contributed by atoms with E-state index < -0.39 is 0 Å². The first-order valence-corrected chi connectivity index (χ1v) is 7.49. The summed E-state index contributed by atoms with van der Waals surface area (Å²) in [6, 6.07) is 5.16. The molecule has 0 saturated carbocycles. The average molecular weight is 293 g/mol. The Kier molecular flexibility index (Phi) is 7.61. The highest BCUT2D eigenvalue weighted by Gasteiger charge is 2.09.